The van der Waals surface area contributed by atoms with Gasteiger partial charge in [-0.3, -0.25) is 0 Å². The minimum absolute atomic E-state index is 0.0915. The van der Waals surface area contributed by atoms with Crippen LogP contribution < -0.4 is 11.1 Å². The Kier molecular flexibility index (Phi) is 8.71. The van der Waals surface area contributed by atoms with Gasteiger partial charge in [-0.2, -0.15) is 5.26 Å². The highest BCUT2D eigenvalue weighted by atomic mass is 32.2. The van der Waals surface area contributed by atoms with Crippen molar-refractivity contribution in [3.8, 4) is 11.8 Å². The molecule has 2 fully saturated rings. The Bertz CT molecular complexity index is 1070. The highest BCUT2D eigenvalue weighted by Crippen LogP contribution is 2.44. The number of thiophene rings is 1. The number of nitrogens with zero attached hydrogens (tertiary/aromatic N) is 2. The Labute approximate surface area is 222 Å². The van der Waals surface area contributed by atoms with Gasteiger partial charge in [0.1, 0.15) is 11.6 Å². The van der Waals surface area contributed by atoms with E-state index in [0.29, 0.717) is 12.1 Å². The van der Waals surface area contributed by atoms with Gasteiger partial charge in [0.25, 0.3) is 0 Å². The molecule has 1 aliphatic heterocycles. The number of carbonyl (C=O) groups excluding carboxylic acids is 1. The molecular weight excluding hydrogens is 492 g/mol. The molecular formula is C27H38N4O3S2. The van der Waals surface area contributed by atoms with Crippen LogP contribution in [0.4, 0.5) is 0 Å². The van der Waals surface area contributed by atoms with E-state index in [1.807, 2.05) is 11.9 Å². The van der Waals surface area contributed by atoms with E-state index >= 15 is 0 Å². The third-order valence-electron chi connectivity index (χ3n) is 7.63. The fourth-order valence-electron chi connectivity index (χ4n) is 5.81. The van der Waals surface area contributed by atoms with Crippen LogP contribution in [0.5, 0.6) is 5.75 Å². The second-order valence-corrected chi connectivity index (χ2v) is 12.8. The number of rotatable bonds is 7. The molecule has 1 saturated carbocycles. The second-order valence-electron chi connectivity index (χ2n) is 10.8. The van der Waals surface area contributed by atoms with Gasteiger partial charge in [-0.05, 0) is 70.8 Å². The molecule has 0 amide bonds. The van der Waals surface area contributed by atoms with Crippen molar-refractivity contribution in [2.24, 2.45) is 5.73 Å². The summed E-state index contributed by atoms with van der Waals surface area (Å²) in [6.07, 6.45) is 12.6. The molecule has 3 aliphatic rings. The molecule has 4 N–H and O–H groups in total. The van der Waals surface area contributed by atoms with Crippen LogP contribution in [0.2, 0.25) is 0 Å². The van der Waals surface area contributed by atoms with Crippen LogP contribution >= 0.6 is 23.3 Å². The Hall–Kier alpha value is -1.99. The molecule has 3 unspecified atom stereocenters. The zero-order valence-corrected chi connectivity index (χ0v) is 23.1. The van der Waals surface area contributed by atoms with E-state index < -0.39 is 5.97 Å². The van der Waals surface area contributed by atoms with Crippen LogP contribution in [-0.4, -0.2) is 52.4 Å². The number of esters is 1. The maximum atomic E-state index is 12.1. The number of hydrogen-bond donors (Lipinski definition) is 3. The maximum Gasteiger partial charge on any atom is 0.351 e. The molecule has 0 spiro atoms. The number of nitriles is 1. The van der Waals surface area contributed by atoms with E-state index in [1.165, 1.54) is 24.0 Å². The molecule has 1 saturated heterocycles. The van der Waals surface area contributed by atoms with Gasteiger partial charge in [-0.15, -0.1) is 11.3 Å². The predicted molar refractivity (Wildman–Crippen MR) is 146 cm³/mol. The fourth-order valence-corrected chi connectivity index (χ4v) is 8.23. The lowest BCUT2D eigenvalue weighted by Crippen LogP contribution is -2.54. The molecule has 7 nitrogen and oxygen atoms in total. The summed E-state index contributed by atoms with van der Waals surface area (Å²) in [7, 11) is 1.29. The molecule has 9 heteroatoms. The predicted octanol–water partition coefficient (Wildman–Crippen LogP) is 5.18. The molecule has 0 bridgehead atoms. The van der Waals surface area contributed by atoms with E-state index in [1.54, 1.807) is 0 Å². The average molecular weight is 531 g/mol. The van der Waals surface area contributed by atoms with Gasteiger partial charge in [0.2, 0.25) is 0 Å². The molecule has 0 radical (unpaired) electrons. The number of aromatic hydroxyl groups is 1. The standard InChI is InChI=1S/C27H38N4O3S2/c1-27(2)14-21(10-11-31(27)35-16-17-6-4-8-19(29)12-17)30-20-9-5-7-18(13-20)24-22(15-28)23(32)25(36-24)26(33)34-3/h8,12,18,20-21,30,32H,4-7,9-11,13-14,16,29H2,1-3H3. The third kappa shape index (κ3) is 6.10. The van der Waals surface area contributed by atoms with E-state index in [9.17, 15) is 15.2 Å². The summed E-state index contributed by atoms with van der Waals surface area (Å²) < 4.78 is 7.34. The molecule has 0 aromatic carbocycles. The molecule has 2 aliphatic carbocycles. The van der Waals surface area contributed by atoms with Crippen molar-refractivity contribution in [3.63, 3.8) is 0 Å². The number of hydrogen-bond acceptors (Lipinski definition) is 9. The van der Waals surface area contributed by atoms with E-state index in [0.717, 1.165) is 74.2 Å². The monoisotopic (exact) mass is 530 g/mol. The summed E-state index contributed by atoms with van der Waals surface area (Å²) >= 11 is 3.15. The number of methoxy groups -OCH3 is 1. The van der Waals surface area contributed by atoms with Crippen molar-refractivity contribution in [2.75, 3.05) is 19.4 Å². The van der Waals surface area contributed by atoms with Crippen molar-refractivity contribution in [1.82, 2.24) is 9.62 Å². The average Bonchev–Trinajstić information content (AvgIpc) is 3.19. The van der Waals surface area contributed by atoms with Gasteiger partial charge in [-0.1, -0.05) is 30.0 Å². The maximum absolute atomic E-state index is 12.1. The van der Waals surface area contributed by atoms with Crippen molar-refractivity contribution < 1.29 is 14.6 Å². The summed E-state index contributed by atoms with van der Waals surface area (Å²) in [5.41, 5.74) is 8.64. The number of allylic oxidation sites excluding steroid dienone is 2. The first-order chi connectivity index (χ1) is 17.2. The lowest BCUT2D eigenvalue weighted by atomic mass is 9.82. The Balaban J connectivity index is 1.35. The van der Waals surface area contributed by atoms with Gasteiger partial charge in [0, 0.05) is 40.5 Å². The smallest absolute Gasteiger partial charge is 0.351 e. The molecule has 3 atom stereocenters. The first kappa shape index (κ1) is 27.1. The lowest BCUT2D eigenvalue weighted by molar-refractivity contribution is 0.0603. The van der Waals surface area contributed by atoms with Gasteiger partial charge in [0.15, 0.2) is 10.6 Å². The van der Waals surface area contributed by atoms with Gasteiger partial charge in [-0.25, -0.2) is 9.10 Å². The first-order valence-corrected chi connectivity index (χ1v) is 14.6. The minimum Gasteiger partial charge on any atom is -0.505 e. The Morgan fingerprint density at radius 2 is 2.19 bits per heavy atom. The molecule has 2 heterocycles. The van der Waals surface area contributed by atoms with Crippen molar-refractivity contribution in [3.05, 3.63) is 38.7 Å². The van der Waals surface area contributed by atoms with Crippen LogP contribution in [0.15, 0.2) is 23.4 Å². The van der Waals surface area contributed by atoms with Gasteiger partial charge in [0.05, 0.1) is 7.11 Å². The molecule has 1 aromatic rings. The van der Waals surface area contributed by atoms with E-state index in [-0.39, 0.29) is 27.6 Å². The van der Waals surface area contributed by atoms with Crippen LogP contribution in [0.3, 0.4) is 0 Å². The second kappa shape index (κ2) is 11.6. The number of nitrogens with two attached hydrogens (primary N) is 1. The fraction of sp³-hybridized carbons (Fsp3) is 0.630. The first-order valence-electron chi connectivity index (χ1n) is 12.9. The highest BCUT2D eigenvalue weighted by molar-refractivity contribution is 7.97. The summed E-state index contributed by atoms with van der Waals surface area (Å²) in [4.78, 5) is 13.0. The topological polar surface area (TPSA) is 112 Å². The Morgan fingerprint density at radius 1 is 1.39 bits per heavy atom. The summed E-state index contributed by atoms with van der Waals surface area (Å²) in [5.74, 6) is 0.350. The van der Waals surface area contributed by atoms with Crippen molar-refractivity contribution >= 4 is 29.3 Å². The number of carbonyl (C=O) groups is 1. The number of nitrogens with one attached hydrogen (secondary N) is 1. The lowest BCUT2D eigenvalue weighted by Gasteiger charge is -2.46. The zero-order chi connectivity index (χ0) is 25.9. The largest absolute Gasteiger partial charge is 0.505 e. The van der Waals surface area contributed by atoms with E-state index in [2.05, 4.69) is 41.7 Å². The van der Waals surface area contributed by atoms with Crippen molar-refractivity contribution in [1.29, 1.82) is 5.26 Å². The molecule has 1 aromatic heterocycles. The Morgan fingerprint density at radius 3 is 2.89 bits per heavy atom. The van der Waals surface area contributed by atoms with Crippen LogP contribution in [0.25, 0.3) is 0 Å². The molecule has 4 rings (SSSR count). The van der Waals surface area contributed by atoms with Crippen molar-refractivity contribution in [2.45, 2.75) is 88.8 Å². The minimum atomic E-state index is -0.586. The zero-order valence-electron chi connectivity index (χ0n) is 21.5. The molecule has 196 valence electrons. The summed E-state index contributed by atoms with van der Waals surface area (Å²) in [5, 5.41) is 24.0. The summed E-state index contributed by atoms with van der Waals surface area (Å²) in [6, 6.07) is 2.93. The van der Waals surface area contributed by atoms with E-state index in [4.69, 9.17) is 10.5 Å². The SMILES string of the molecule is COC(=O)c1sc(C2CCCC(NC3CCN(SCC4=CC(N)=CCC4)C(C)(C)C3)C2)c(C#N)c1O. The normalized spacial score (nSPS) is 26.6. The number of ether oxygens (including phenoxy) is 1. The van der Waals surface area contributed by atoms with Gasteiger partial charge >= 0.3 is 5.97 Å². The molecule has 36 heavy (non-hydrogen) atoms. The summed E-state index contributed by atoms with van der Waals surface area (Å²) in [6.45, 7) is 5.72. The third-order valence-corrected chi connectivity index (χ3v) is 10.4. The van der Waals surface area contributed by atoms with Crippen LogP contribution in [0, 0.1) is 11.3 Å². The van der Waals surface area contributed by atoms with Gasteiger partial charge < -0.3 is 20.9 Å². The number of piperidine rings is 1. The van der Waals surface area contributed by atoms with Crippen LogP contribution in [0.1, 0.15) is 91.2 Å². The quantitative estimate of drug-likeness (QED) is 0.327. The van der Waals surface area contributed by atoms with Crippen LogP contribution in [-0.2, 0) is 4.74 Å². The highest BCUT2D eigenvalue weighted by Gasteiger charge is 2.37.